The van der Waals surface area contributed by atoms with Crippen molar-refractivity contribution in [3.8, 4) is 0 Å². The van der Waals surface area contributed by atoms with Crippen LogP contribution in [0.1, 0.15) is 30.3 Å². The summed E-state index contributed by atoms with van der Waals surface area (Å²) in [5.74, 6) is 0.142. The fourth-order valence-electron chi connectivity index (χ4n) is 2.93. The van der Waals surface area contributed by atoms with Crippen LogP contribution in [-0.4, -0.2) is 19.0 Å². The topological polar surface area (TPSA) is 32.3 Å². The fourth-order valence-corrected chi connectivity index (χ4v) is 3.77. The molecule has 0 radical (unpaired) electrons. The van der Waals surface area contributed by atoms with Gasteiger partial charge in [0.05, 0.1) is 6.04 Å². The molecule has 0 fully saturated rings. The zero-order valence-corrected chi connectivity index (χ0v) is 13.9. The molecule has 0 saturated carbocycles. The highest BCUT2D eigenvalue weighted by Crippen LogP contribution is 2.36. The molecule has 0 spiro atoms. The smallest absolute Gasteiger partial charge is 0.222 e. The van der Waals surface area contributed by atoms with Crippen LogP contribution < -0.4 is 10.2 Å². The Hall–Kier alpha value is -1.81. The van der Waals surface area contributed by atoms with Gasteiger partial charge in [-0.1, -0.05) is 38.1 Å². The van der Waals surface area contributed by atoms with E-state index in [1.807, 2.05) is 13.8 Å². The van der Waals surface area contributed by atoms with E-state index in [1.165, 1.54) is 16.1 Å². The van der Waals surface area contributed by atoms with E-state index < -0.39 is 0 Å². The highest BCUT2D eigenvalue weighted by molar-refractivity contribution is 7.10. The van der Waals surface area contributed by atoms with Gasteiger partial charge in [0.15, 0.2) is 0 Å². The number of carbonyl (C=O) groups excluding carboxylic acids is 1. The minimum atomic E-state index is 0.0230. The van der Waals surface area contributed by atoms with Gasteiger partial charge in [0.2, 0.25) is 5.91 Å². The first kappa shape index (κ1) is 15.1. The molecule has 1 amide bonds. The van der Waals surface area contributed by atoms with Gasteiger partial charge in [0, 0.05) is 29.6 Å². The summed E-state index contributed by atoms with van der Waals surface area (Å²) in [6, 6.07) is 13.0. The molecule has 2 aromatic rings. The lowest BCUT2D eigenvalue weighted by Gasteiger charge is -2.30. The molecular weight excluding hydrogens is 292 g/mol. The number of carbonyl (C=O) groups is 1. The molecule has 3 rings (SSSR count). The molecule has 1 atom stereocenters. The minimum Gasteiger partial charge on any atom is -0.361 e. The zero-order chi connectivity index (χ0) is 15.5. The predicted molar refractivity (Wildman–Crippen MR) is 92.4 cm³/mol. The van der Waals surface area contributed by atoms with Gasteiger partial charge in [-0.25, -0.2) is 0 Å². The van der Waals surface area contributed by atoms with Gasteiger partial charge in [-0.2, -0.15) is 0 Å². The first-order chi connectivity index (χ1) is 10.7. The van der Waals surface area contributed by atoms with Gasteiger partial charge in [-0.05, 0) is 29.5 Å². The maximum absolute atomic E-state index is 12.0. The van der Waals surface area contributed by atoms with Crippen LogP contribution in [0.15, 0.2) is 41.8 Å². The van der Waals surface area contributed by atoms with Crippen LogP contribution in [0, 0.1) is 5.92 Å². The maximum Gasteiger partial charge on any atom is 0.222 e. The van der Waals surface area contributed by atoms with Crippen LogP contribution >= 0.6 is 11.3 Å². The Morgan fingerprint density at radius 3 is 2.82 bits per heavy atom. The zero-order valence-electron chi connectivity index (χ0n) is 13.1. The van der Waals surface area contributed by atoms with Crippen LogP contribution in [0.3, 0.4) is 0 Å². The molecule has 1 aliphatic heterocycles. The molecule has 0 aliphatic carbocycles. The summed E-state index contributed by atoms with van der Waals surface area (Å²) in [4.78, 5) is 15.7. The van der Waals surface area contributed by atoms with Crippen molar-refractivity contribution in [1.29, 1.82) is 0 Å². The van der Waals surface area contributed by atoms with Crippen molar-refractivity contribution < 1.29 is 4.79 Å². The SMILES string of the molecule is CC(C)C(=O)NC[C@@H](c1cccs1)N1CCc2ccccc21. The van der Waals surface area contributed by atoms with E-state index in [0.717, 1.165) is 13.0 Å². The summed E-state index contributed by atoms with van der Waals surface area (Å²) in [5.41, 5.74) is 2.71. The Morgan fingerprint density at radius 2 is 2.09 bits per heavy atom. The summed E-state index contributed by atoms with van der Waals surface area (Å²) < 4.78 is 0. The van der Waals surface area contributed by atoms with Gasteiger partial charge in [0.25, 0.3) is 0 Å². The molecule has 1 aromatic carbocycles. The van der Waals surface area contributed by atoms with Crippen LogP contribution in [0.25, 0.3) is 0 Å². The minimum absolute atomic E-state index is 0.0230. The van der Waals surface area contributed by atoms with E-state index >= 15 is 0 Å². The molecule has 3 nitrogen and oxygen atoms in total. The summed E-state index contributed by atoms with van der Waals surface area (Å²) in [6.07, 6.45) is 1.08. The average molecular weight is 314 g/mol. The lowest BCUT2D eigenvalue weighted by atomic mass is 10.1. The van der Waals surface area contributed by atoms with Crippen LogP contribution in [-0.2, 0) is 11.2 Å². The van der Waals surface area contributed by atoms with Crippen molar-refractivity contribution in [2.75, 3.05) is 18.0 Å². The lowest BCUT2D eigenvalue weighted by Crippen LogP contribution is -2.38. The first-order valence-electron chi connectivity index (χ1n) is 7.82. The van der Waals surface area contributed by atoms with Crippen molar-refractivity contribution >= 4 is 22.9 Å². The number of nitrogens with zero attached hydrogens (tertiary/aromatic N) is 1. The summed E-state index contributed by atoms with van der Waals surface area (Å²) in [7, 11) is 0. The normalized spacial score (nSPS) is 15.0. The van der Waals surface area contributed by atoms with Crippen molar-refractivity contribution in [3.63, 3.8) is 0 Å². The Kier molecular flexibility index (Phi) is 4.48. The molecule has 22 heavy (non-hydrogen) atoms. The Balaban J connectivity index is 1.83. The molecule has 0 bridgehead atoms. The number of hydrogen-bond donors (Lipinski definition) is 1. The highest BCUT2D eigenvalue weighted by Gasteiger charge is 2.28. The van der Waals surface area contributed by atoms with Gasteiger partial charge in [0.1, 0.15) is 0 Å². The largest absolute Gasteiger partial charge is 0.361 e. The first-order valence-corrected chi connectivity index (χ1v) is 8.70. The molecule has 4 heteroatoms. The predicted octanol–water partition coefficient (Wildman–Crippen LogP) is 3.62. The van der Waals surface area contributed by atoms with Gasteiger partial charge >= 0.3 is 0 Å². The lowest BCUT2D eigenvalue weighted by molar-refractivity contribution is -0.124. The number of fused-ring (bicyclic) bond motifs is 1. The number of nitrogens with one attached hydrogen (secondary N) is 1. The van der Waals surface area contributed by atoms with E-state index in [-0.39, 0.29) is 17.9 Å². The summed E-state index contributed by atoms with van der Waals surface area (Å²) >= 11 is 1.76. The molecular formula is C18H22N2OS. The van der Waals surface area contributed by atoms with Gasteiger partial charge in [-0.15, -0.1) is 11.3 Å². The second-order valence-electron chi connectivity index (χ2n) is 6.00. The van der Waals surface area contributed by atoms with Crippen molar-refractivity contribution in [1.82, 2.24) is 5.32 Å². The number of para-hydroxylation sites is 1. The second-order valence-corrected chi connectivity index (χ2v) is 6.98. The van der Waals surface area contributed by atoms with E-state index in [9.17, 15) is 4.79 Å². The Morgan fingerprint density at radius 1 is 1.27 bits per heavy atom. The monoisotopic (exact) mass is 314 g/mol. The number of rotatable bonds is 5. The number of amides is 1. The molecule has 116 valence electrons. The molecule has 2 heterocycles. The van der Waals surface area contributed by atoms with Crippen molar-refractivity contribution in [2.24, 2.45) is 5.92 Å². The Bertz CT molecular complexity index is 636. The fraction of sp³-hybridized carbons (Fsp3) is 0.389. The summed E-state index contributed by atoms with van der Waals surface area (Å²) in [6.45, 7) is 5.53. The van der Waals surface area contributed by atoms with E-state index in [0.29, 0.717) is 6.54 Å². The highest BCUT2D eigenvalue weighted by atomic mass is 32.1. The molecule has 0 unspecified atom stereocenters. The van der Waals surface area contributed by atoms with E-state index in [2.05, 4.69) is 52.0 Å². The van der Waals surface area contributed by atoms with Crippen LogP contribution in [0.4, 0.5) is 5.69 Å². The quantitative estimate of drug-likeness (QED) is 0.914. The van der Waals surface area contributed by atoms with E-state index in [4.69, 9.17) is 0 Å². The number of hydrogen-bond acceptors (Lipinski definition) is 3. The molecule has 0 saturated heterocycles. The number of benzene rings is 1. The molecule has 1 N–H and O–H groups in total. The molecule has 1 aliphatic rings. The third kappa shape index (κ3) is 3.02. The Labute approximate surface area is 136 Å². The molecule has 1 aromatic heterocycles. The standard InChI is InChI=1S/C18H22N2OS/c1-13(2)18(21)19-12-16(17-8-5-11-22-17)20-10-9-14-6-3-4-7-15(14)20/h3-8,11,13,16H,9-10,12H2,1-2H3,(H,19,21)/t16-/m0/s1. The number of anilines is 1. The van der Waals surface area contributed by atoms with E-state index in [1.54, 1.807) is 11.3 Å². The van der Waals surface area contributed by atoms with Crippen molar-refractivity contribution in [3.05, 3.63) is 52.2 Å². The van der Waals surface area contributed by atoms with Crippen LogP contribution in [0.5, 0.6) is 0 Å². The van der Waals surface area contributed by atoms with Gasteiger partial charge < -0.3 is 10.2 Å². The second kappa shape index (κ2) is 6.53. The number of thiophene rings is 1. The third-order valence-electron chi connectivity index (χ3n) is 4.16. The summed E-state index contributed by atoms with van der Waals surface area (Å²) in [5, 5.41) is 5.21. The average Bonchev–Trinajstić information content (AvgIpc) is 3.17. The van der Waals surface area contributed by atoms with Crippen LogP contribution in [0.2, 0.25) is 0 Å². The van der Waals surface area contributed by atoms with Gasteiger partial charge in [-0.3, -0.25) is 4.79 Å². The maximum atomic E-state index is 12.0. The van der Waals surface area contributed by atoms with Crippen molar-refractivity contribution in [2.45, 2.75) is 26.3 Å². The third-order valence-corrected chi connectivity index (χ3v) is 5.14.